The number of nitrogens with two attached hydrogens (primary N) is 2. The van der Waals surface area contributed by atoms with E-state index >= 15 is 0 Å². The maximum atomic E-state index is 12.9. The zero-order valence-corrected chi connectivity index (χ0v) is 19.7. The van der Waals surface area contributed by atoms with Crippen molar-refractivity contribution in [2.45, 2.75) is 23.2 Å². The highest BCUT2D eigenvalue weighted by Gasteiger charge is 2.35. The van der Waals surface area contributed by atoms with Crippen LogP contribution in [0.5, 0.6) is 0 Å². The van der Waals surface area contributed by atoms with Crippen molar-refractivity contribution in [1.82, 2.24) is 9.62 Å². The summed E-state index contributed by atoms with van der Waals surface area (Å²) in [6, 6.07) is 8.71. The summed E-state index contributed by atoms with van der Waals surface area (Å²) in [5.74, 6) is -0.447. The van der Waals surface area contributed by atoms with Crippen LogP contribution in [0.4, 0.5) is 5.69 Å². The largest absolute Gasteiger partial charge is 0.398 e. The van der Waals surface area contributed by atoms with Gasteiger partial charge in [-0.2, -0.15) is 4.72 Å². The number of carbonyl (C=O) groups excluding carboxylic acids is 1. The summed E-state index contributed by atoms with van der Waals surface area (Å²) in [5, 5.41) is 8.93. The van der Waals surface area contributed by atoms with Crippen LogP contribution in [-0.4, -0.2) is 37.6 Å². The number of amidine groups is 1. The second-order valence-corrected chi connectivity index (χ2v) is 11.3. The van der Waals surface area contributed by atoms with Crippen molar-refractivity contribution in [1.29, 1.82) is 5.41 Å². The lowest BCUT2D eigenvalue weighted by atomic mass is 10.1. The first-order valence-corrected chi connectivity index (χ1v) is 12.5. The molecule has 1 fully saturated rings. The Morgan fingerprint density at radius 1 is 1.25 bits per heavy atom. The van der Waals surface area contributed by atoms with E-state index in [1.807, 2.05) is 0 Å². The summed E-state index contributed by atoms with van der Waals surface area (Å²) in [7, 11) is -3.94. The summed E-state index contributed by atoms with van der Waals surface area (Å²) in [6.45, 7) is 0.560. The van der Waals surface area contributed by atoms with Crippen LogP contribution in [0.3, 0.4) is 0 Å². The van der Waals surface area contributed by atoms with Crippen LogP contribution in [0.25, 0.3) is 10.1 Å². The predicted molar refractivity (Wildman–Crippen MR) is 128 cm³/mol. The topological polar surface area (TPSA) is 142 Å². The highest BCUT2D eigenvalue weighted by atomic mass is 35.5. The van der Waals surface area contributed by atoms with Gasteiger partial charge in [-0.3, -0.25) is 10.2 Å². The number of nitrogens with one attached hydrogen (secondary N) is 2. The van der Waals surface area contributed by atoms with Crippen LogP contribution in [-0.2, 0) is 21.4 Å². The molecule has 12 heteroatoms. The summed E-state index contributed by atoms with van der Waals surface area (Å²) in [6.07, 6.45) is 0.321. The van der Waals surface area contributed by atoms with Crippen molar-refractivity contribution < 1.29 is 13.2 Å². The maximum absolute atomic E-state index is 12.9. The second kappa shape index (κ2) is 8.53. The average molecular weight is 512 g/mol. The number of fused-ring (bicyclic) bond motifs is 1. The molecule has 1 aromatic heterocycles. The molecule has 6 N–H and O–H groups in total. The molecule has 2 heterocycles. The third-order valence-corrected chi connectivity index (χ3v) is 8.76. The molecule has 0 saturated carbocycles. The van der Waals surface area contributed by atoms with Gasteiger partial charge in [-0.1, -0.05) is 23.2 Å². The number of rotatable bonds is 6. The minimum absolute atomic E-state index is 0.0568. The number of hydrogen-bond donors (Lipinski definition) is 4. The number of carbonyl (C=O) groups is 1. The molecule has 0 spiro atoms. The average Bonchev–Trinajstić information content (AvgIpc) is 3.29. The third kappa shape index (κ3) is 4.41. The minimum atomic E-state index is -3.94. The van der Waals surface area contributed by atoms with Crippen LogP contribution in [0.1, 0.15) is 17.5 Å². The number of anilines is 1. The van der Waals surface area contributed by atoms with Gasteiger partial charge in [-0.15, -0.1) is 11.3 Å². The molecule has 1 aliphatic heterocycles. The van der Waals surface area contributed by atoms with Crippen molar-refractivity contribution >= 4 is 72.1 Å². The molecule has 2 aromatic carbocycles. The Morgan fingerprint density at radius 2 is 2.00 bits per heavy atom. The lowest BCUT2D eigenvalue weighted by Gasteiger charge is -2.19. The lowest BCUT2D eigenvalue weighted by molar-refractivity contribution is -0.129. The van der Waals surface area contributed by atoms with Gasteiger partial charge in [0.2, 0.25) is 5.91 Å². The quantitative estimate of drug-likeness (QED) is 0.228. The molecule has 0 aliphatic carbocycles. The highest BCUT2D eigenvalue weighted by Crippen LogP contribution is 2.36. The first kappa shape index (κ1) is 22.8. The molecule has 168 valence electrons. The van der Waals surface area contributed by atoms with Gasteiger partial charge in [0.05, 0.1) is 5.02 Å². The molecular weight excluding hydrogens is 493 g/mol. The molecule has 0 bridgehead atoms. The SMILES string of the molecule is N=C(N)c1ccc(N)c(CN2CCC(NS(=O)(=O)c3cc4c(Cl)cc(Cl)cc4s3)C2=O)c1. The van der Waals surface area contributed by atoms with Crippen LogP contribution in [0.2, 0.25) is 10.0 Å². The number of amides is 1. The number of benzene rings is 2. The Kier molecular flexibility index (Phi) is 6.08. The summed E-state index contributed by atoms with van der Waals surface area (Å²) in [4.78, 5) is 14.4. The van der Waals surface area contributed by atoms with Crippen molar-refractivity contribution in [3.05, 3.63) is 57.6 Å². The number of halogens is 2. The van der Waals surface area contributed by atoms with Gasteiger partial charge in [0.25, 0.3) is 10.0 Å². The molecule has 8 nitrogen and oxygen atoms in total. The van der Waals surface area contributed by atoms with E-state index in [1.165, 1.54) is 11.0 Å². The van der Waals surface area contributed by atoms with Crippen molar-refractivity contribution in [3.8, 4) is 0 Å². The Morgan fingerprint density at radius 3 is 2.72 bits per heavy atom. The Balaban J connectivity index is 1.51. The number of hydrogen-bond acceptors (Lipinski definition) is 6. The van der Waals surface area contributed by atoms with Gasteiger partial charge in [-0.05, 0) is 48.4 Å². The molecule has 1 amide bonds. The van der Waals surface area contributed by atoms with E-state index in [0.717, 1.165) is 11.3 Å². The number of sulfonamides is 1. The number of nitrogen functional groups attached to an aromatic ring is 2. The van der Waals surface area contributed by atoms with Gasteiger partial charge in [0.1, 0.15) is 16.1 Å². The van der Waals surface area contributed by atoms with Crippen LogP contribution >= 0.6 is 34.5 Å². The Hall–Kier alpha value is -2.37. The molecule has 1 aliphatic rings. The number of nitrogens with zero attached hydrogens (tertiary/aromatic N) is 1. The van der Waals surface area contributed by atoms with Crippen molar-refractivity contribution in [2.24, 2.45) is 5.73 Å². The van der Waals surface area contributed by atoms with E-state index in [4.69, 9.17) is 40.1 Å². The minimum Gasteiger partial charge on any atom is -0.398 e. The van der Waals surface area contributed by atoms with Crippen LogP contribution < -0.4 is 16.2 Å². The second-order valence-electron chi connectivity index (χ2n) is 7.41. The number of likely N-dealkylation sites (tertiary alicyclic amines) is 1. The Bertz CT molecular complexity index is 1360. The molecular formula is C20H19Cl2N5O3S2. The molecule has 1 saturated heterocycles. The monoisotopic (exact) mass is 511 g/mol. The van der Waals surface area contributed by atoms with Gasteiger partial charge < -0.3 is 16.4 Å². The number of thiophene rings is 1. The summed E-state index contributed by atoms with van der Waals surface area (Å²) < 4.78 is 29.1. The molecule has 32 heavy (non-hydrogen) atoms. The van der Waals surface area contributed by atoms with Crippen LogP contribution in [0, 0.1) is 5.41 Å². The lowest BCUT2D eigenvalue weighted by Crippen LogP contribution is -2.41. The van der Waals surface area contributed by atoms with Crippen LogP contribution in [0.15, 0.2) is 40.6 Å². The molecule has 1 atom stereocenters. The highest BCUT2D eigenvalue weighted by molar-refractivity contribution is 7.91. The molecule has 0 radical (unpaired) electrons. The van der Waals surface area contributed by atoms with Gasteiger partial charge in [0.15, 0.2) is 0 Å². The zero-order valence-electron chi connectivity index (χ0n) is 16.6. The first-order valence-electron chi connectivity index (χ1n) is 9.47. The fourth-order valence-corrected chi connectivity index (χ4v) is 6.90. The van der Waals surface area contributed by atoms with Gasteiger partial charge in [-0.25, -0.2) is 8.42 Å². The summed E-state index contributed by atoms with van der Waals surface area (Å²) in [5.41, 5.74) is 13.1. The fraction of sp³-hybridized carbons (Fsp3) is 0.200. The normalized spacial score (nSPS) is 16.8. The Labute approximate surface area is 198 Å². The first-order chi connectivity index (χ1) is 15.0. The third-order valence-electron chi connectivity index (χ3n) is 5.20. The molecule has 1 unspecified atom stereocenters. The summed E-state index contributed by atoms with van der Waals surface area (Å²) >= 11 is 13.2. The van der Waals surface area contributed by atoms with E-state index in [9.17, 15) is 13.2 Å². The van der Waals surface area contributed by atoms with Crippen molar-refractivity contribution in [2.75, 3.05) is 12.3 Å². The van der Waals surface area contributed by atoms with Crippen molar-refractivity contribution in [3.63, 3.8) is 0 Å². The van der Waals surface area contributed by atoms with E-state index in [0.29, 0.717) is 49.9 Å². The van der Waals surface area contributed by atoms with E-state index in [2.05, 4.69) is 4.72 Å². The van der Waals surface area contributed by atoms with E-state index in [-0.39, 0.29) is 22.5 Å². The van der Waals surface area contributed by atoms with Gasteiger partial charge in [0, 0.05) is 39.4 Å². The fourth-order valence-electron chi connectivity index (χ4n) is 3.54. The smallest absolute Gasteiger partial charge is 0.250 e. The standard InChI is InChI=1S/C20H19Cl2N5O3S2/c21-12-6-14(22)13-8-18(31-17(13)7-12)32(29,30)26-16-3-4-27(20(16)28)9-11-5-10(19(24)25)1-2-15(11)23/h1-2,5-8,16,26H,3-4,9,23H2,(H3,24,25). The van der Waals surface area contributed by atoms with E-state index in [1.54, 1.807) is 30.3 Å². The predicted octanol–water partition coefficient (Wildman–Crippen LogP) is 3.15. The molecule has 4 rings (SSSR count). The maximum Gasteiger partial charge on any atom is 0.250 e. The zero-order chi connectivity index (χ0) is 23.2. The van der Waals surface area contributed by atoms with Gasteiger partial charge >= 0.3 is 0 Å². The van der Waals surface area contributed by atoms with E-state index < -0.39 is 16.1 Å². The molecule has 3 aromatic rings.